The van der Waals surface area contributed by atoms with Crippen LogP contribution in [0.1, 0.15) is 48.6 Å². The van der Waals surface area contributed by atoms with Gasteiger partial charge in [0.1, 0.15) is 5.82 Å². The molecule has 0 unspecified atom stereocenters. The molecule has 0 spiro atoms. The summed E-state index contributed by atoms with van der Waals surface area (Å²) < 4.78 is 13.0. The van der Waals surface area contributed by atoms with Gasteiger partial charge in [-0.05, 0) is 79.0 Å². The normalized spacial score (nSPS) is 17.0. The van der Waals surface area contributed by atoms with E-state index in [1.807, 2.05) is 12.1 Å². The molecule has 2 saturated carbocycles. The third kappa shape index (κ3) is 3.75. The minimum Gasteiger partial charge on any atom is -0.399 e. The number of benzene rings is 2. The Hall–Kier alpha value is -2.03. The maximum atomic E-state index is 13.0. The molecule has 2 aromatic rings. The largest absolute Gasteiger partial charge is 0.399 e. The van der Waals surface area contributed by atoms with Crippen molar-refractivity contribution in [1.29, 1.82) is 0 Å². The van der Waals surface area contributed by atoms with Gasteiger partial charge < -0.3 is 11.5 Å². The molecule has 0 radical (unpaired) electrons. The van der Waals surface area contributed by atoms with E-state index < -0.39 is 0 Å². The maximum absolute atomic E-state index is 13.0. The Bertz CT molecular complexity index is 631. The molecular weight excluding hydrogens is 263 g/mol. The van der Waals surface area contributed by atoms with E-state index in [0.29, 0.717) is 11.6 Å². The standard InChI is InChI=1S/C9H10FN.C9H11N/c10-9-4-3-7(11)5-8(9)6-1-2-6;10-9-3-1-2-8(6-9)7-4-5-7/h3-6H,1-2,11H2;1-3,6-7H,4-5,10H2. The molecular formula is C18H21FN2. The van der Waals surface area contributed by atoms with E-state index in [4.69, 9.17) is 11.5 Å². The number of nitrogen functional groups attached to an aromatic ring is 2. The predicted octanol–water partition coefficient (Wildman–Crippen LogP) is 4.43. The zero-order valence-electron chi connectivity index (χ0n) is 12.1. The first-order chi connectivity index (χ1) is 10.1. The number of nitrogens with two attached hydrogens (primary N) is 2. The van der Waals surface area contributed by atoms with Crippen molar-refractivity contribution >= 4 is 11.4 Å². The highest BCUT2D eigenvalue weighted by molar-refractivity contribution is 5.44. The van der Waals surface area contributed by atoms with Crippen molar-refractivity contribution in [3.8, 4) is 0 Å². The second kappa shape index (κ2) is 5.76. The van der Waals surface area contributed by atoms with Gasteiger partial charge in [-0.2, -0.15) is 0 Å². The lowest BCUT2D eigenvalue weighted by molar-refractivity contribution is 0.611. The Morgan fingerprint density at radius 2 is 1.48 bits per heavy atom. The fraction of sp³-hybridized carbons (Fsp3) is 0.333. The molecule has 2 fully saturated rings. The third-order valence-electron chi connectivity index (χ3n) is 4.00. The van der Waals surface area contributed by atoms with E-state index >= 15 is 0 Å². The Kier molecular flexibility index (Phi) is 3.82. The van der Waals surface area contributed by atoms with Crippen molar-refractivity contribution in [2.75, 3.05) is 11.5 Å². The van der Waals surface area contributed by atoms with Gasteiger partial charge >= 0.3 is 0 Å². The first-order valence-electron chi connectivity index (χ1n) is 7.54. The fourth-order valence-corrected chi connectivity index (χ4v) is 2.50. The zero-order valence-corrected chi connectivity index (χ0v) is 12.1. The van der Waals surface area contributed by atoms with E-state index in [1.165, 1.54) is 24.5 Å². The smallest absolute Gasteiger partial charge is 0.126 e. The van der Waals surface area contributed by atoms with Crippen molar-refractivity contribution in [1.82, 2.24) is 0 Å². The SMILES string of the molecule is Nc1ccc(F)c(C2CC2)c1.Nc1cccc(C2CC2)c1. The molecule has 0 amide bonds. The van der Waals surface area contributed by atoms with Crippen LogP contribution < -0.4 is 11.5 Å². The van der Waals surface area contributed by atoms with Crippen LogP contribution in [0.5, 0.6) is 0 Å². The second-order valence-electron chi connectivity index (χ2n) is 6.00. The van der Waals surface area contributed by atoms with Crippen LogP contribution in [0, 0.1) is 5.82 Å². The van der Waals surface area contributed by atoms with E-state index in [0.717, 1.165) is 30.0 Å². The van der Waals surface area contributed by atoms with Crippen molar-refractivity contribution in [2.24, 2.45) is 0 Å². The predicted molar refractivity (Wildman–Crippen MR) is 85.6 cm³/mol. The Balaban J connectivity index is 0.000000126. The fourth-order valence-electron chi connectivity index (χ4n) is 2.50. The first-order valence-corrected chi connectivity index (χ1v) is 7.54. The highest BCUT2D eigenvalue weighted by Gasteiger charge is 2.26. The van der Waals surface area contributed by atoms with Crippen molar-refractivity contribution in [2.45, 2.75) is 37.5 Å². The third-order valence-corrected chi connectivity index (χ3v) is 4.00. The summed E-state index contributed by atoms with van der Waals surface area (Å²) in [6.45, 7) is 0. The van der Waals surface area contributed by atoms with Crippen molar-refractivity contribution in [3.05, 3.63) is 59.4 Å². The van der Waals surface area contributed by atoms with E-state index in [1.54, 1.807) is 12.1 Å². The van der Waals surface area contributed by atoms with Crippen LogP contribution in [0.2, 0.25) is 0 Å². The molecule has 0 heterocycles. The second-order valence-corrected chi connectivity index (χ2v) is 6.00. The first kappa shape index (κ1) is 13.9. The monoisotopic (exact) mass is 284 g/mol. The Morgan fingerprint density at radius 1 is 0.810 bits per heavy atom. The van der Waals surface area contributed by atoms with Crippen LogP contribution in [0.3, 0.4) is 0 Å². The minimum atomic E-state index is -0.110. The number of anilines is 2. The Morgan fingerprint density at radius 3 is 2.10 bits per heavy atom. The van der Waals surface area contributed by atoms with Gasteiger partial charge in [-0.3, -0.25) is 0 Å². The summed E-state index contributed by atoms with van der Waals surface area (Å²) in [5.41, 5.74) is 14.9. The van der Waals surface area contributed by atoms with Gasteiger partial charge in [0.15, 0.2) is 0 Å². The van der Waals surface area contributed by atoms with E-state index in [-0.39, 0.29) is 5.82 Å². The number of hydrogen-bond donors (Lipinski definition) is 2. The highest BCUT2D eigenvalue weighted by Crippen LogP contribution is 2.41. The highest BCUT2D eigenvalue weighted by atomic mass is 19.1. The van der Waals surface area contributed by atoms with Crippen LogP contribution in [-0.4, -0.2) is 0 Å². The van der Waals surface area contributed by atoms with Crippen LogP contribution in [0.15, 0.2) is 42.5 Å². The van der Waals surface area contributed by atoms with Gasteiger partial charge in [0, 0.05) is 11.4 Å². The lowest BCUT2D eigenvalue weighted by atomic mass is 10.1. The molecule has 0 aliphatic heterocycles. The molecule has 4 rings (SSSR count). The summed E-state index contributed by atoms with van der Waals surface area (Å²) in [4.78, 5) is 0. The summed E-state index contributed by atoms with van der Waals surface area (Å²) in [5.74, 6) is 1.16. The van der Waals surface area contributed by atoms with E-state index in [2.05, 4.69) is 12.1 Å². The molecule has 0 atom stereocenters. The molecule has 0 saturated heterocycles. The maximum Gasteiger partial charge on any atom is 0.126 e. The van der Waals surface area contributed by atoms with Crippen LogP contribution in [0.4, 0.5) is 15.8 Å². The summed E-state index contributed by atoms with van der Waals surface area (Å²) >= 11 is 0. The molecule has 0 bridgehead atoms. The van der Waals surface area contributed by atoms with Crippen molar-refractivity contribution < 1.29 is 4.39 Å². The minimum absolute atomic E-state index is 0.110. The van der Waals surface area contributed by atoms with Crippen LogP contribution >= 0.6 is 0 Å². The quantitative estimate of drug-likeness (QED) is 0.801. The number of halogens is 1. The molecule has 0 aromatic heterocycles. The zero-order chi connectivity index (χ0) is 14.8. The van der Waals surface area contributed by atoms with Gasteiger partial charge in [0.25, 0.3) is 0 Å². The summed E-state index contributed by atoms with van der Waals surface area (Å²) in [7, 11) is 0. The summed E-state index contributed by atoms with van der Waals surface area (Å²) in [6.07, 6.45) is 4.92. The number of hydrogen-bond acceptors (Lipinski definition) is 2. The van der Waals surface area contributed by atoms with Gasteiger partial charge in [-0.15, -0.1) is 0 Å². The van der Waals surface area contributed by atoms with Gasteiger partial charge in [0.05, 0.1) is 0 Å². The molecule has 110 valence electrons. The Labute approximate surface area is 125 Å². The molecule has 2 aromatic carbocycles. The molecule has 21 heavy (non-hydrogen) atoms. The lowest BCUT2D eigenvalue weighted by Crippen LogP contribution is -1.90. The molecule has 4 N–H and O–H groups in total. The van der Waals surface area contributed by atoms with Gasteiger partial charge in [-0.25, -0.2) is 4.39 Å². The summed E-state index contributed by atoms with van der Waals surface area (Å²) in [5, 5.41) is 0. The molecule has 3 heteroatoms. The van der Waals surface area contributed by atoms with E-state index in [9.17, 15) is 4.39 Å². The number of rotatable bonds is 2. The lowest BCUT2D eigenvalue weighted by Gasteiger charge is -2.00. The van der Waals surface area contributed by atoms with Crippen LogP contribution in [0.25, 0.3) is 0 Å². The average molecular weight is 284 g/mol. The molecule has 2 aliphatic carbocycles. The summed E-state index contributed by atoms with van der Waals surface area (Å²) in [6, 6.07) is 13.0. The molecule has 2 aliphatic rings. The van der Waals surface area contributed by atoms with Gasteiger partial charge in [0.2, 0.25) is 0 Å². The van der Waals surface area contributed by atoms with Crippen LogP contribution in [-0.2, 0) is 0 Å². The van der Waals surface area contributed by atoms with Gasteiger partial charge in [-0.1, -0.05) is 12.1 Å². The topological polar surface area (TPSA) is 52.0 Å². The van der Waals surface area contributed by atoms with Crippen molar-refractivity contribution in [3.63, 3.8) is 0 Å². The molecule has 2 nitrogen and oxygen atoms in total. The average Bonchev–Trinajstić information content (AvgIpc) is 3.35.